The van der Waals surface area contributed by atoms with Crippen LogP contribution in [-0.2, 0) is 9.53 Å². The zero-order valence-electron chi connectivity index (χ0n) is 20.1. The van der Waals surface area contributed by atoms with Gasteiger partial charge in [0.15, 0.2) is 0 Å². The Morgan fingerprint density at radius 1 is 1.26 bits per heavy atom. The van der Waals surface area contributed by atoms with Gasteiger partial charge in [0.2, 0.25) is 5.91 Å². The standard InChI is InChI=1S/C26H33N7O2/c27-8-5-20(18-3-1-2-4-18)19-6-9-28-26(30-16-23(34)33-11-13-35-14-12-33)22(15-19)24-21-7-10-29-25(21)32-17-31-24/h7,10,15,17-20H,1-6,9,11-14,16H2,(H,28,30)(H,29,31,32). The van der Waals surface area contributed by atoms with E-state index in [4.69, 9.17) is 9.73 Å². The molecule has 2 fully saturated rings. The van der Waals surface area contributed by atoms with Crippen LogP contribution in [0.5, 0.6) is 0 Å². The number of fused-ring (bicyclic) bond motifs is 1. The number of ether oxygens (including phenoxy) is 1. The number of allylic oxidation sites excluding steroid dienone is 1. The zero-order valence-corrected chi connectivity index (χ0v) is 20.1. The first-order chi connectivity index (χ1) is 17.2. The van der Waals surface area contributed by atoms with Gasteiger partial charge in [0.05, 0.1) is 31.5 Å². The number of amides is 1. The third-order valence-electron chi connectivity index (χ3n) is 7.63. The van der Waals surface area contributed by atoms with Gasteiger partial charge in [-0.2, -0.15) is 5.26 Å². The second-order valence-corrected chi connectivity index (χ2v) is 9.64. The monoisotopic (exact) mass is 475 g/mol. The van der Waals surface area contributed by atoms with Gasteiger partial charge in [-0.1, -0.05) is 31.8 Å². The molecule has 1 amide bonds. The van der Waals surface area contributed by atoms with Crippen molar-refractivity contribution in [2.45, 2.75) is 38.5 Å². The van der Waals surface area contributed by atoms with E-state index >= 15 is 0 Å². The Bertz CT molecular complexity index is 1140. The highest BCUT2D eigenvalue weighted by Crippen LogP contribution is 2.40. The quantitative estimate of drug-likeness (QED) is 0.663. The van der Waals surface area contributed by atoms with Crippen LogP contribution in [0.15, 0.2) is 29.7 Å². The van der Waals surface area contributed by atoms with E-state index in [-0.39, 0.29) is 18.4 Å². The molecule has 4 heterocycles. The summed E-state index contributed by atoms with van der Waals surface area (Å²) in [7, 11) is 0. The number of aliphatic imine (C=N–C) groups is 1. The lowest BCUT2D eigenvalue weighted by Gasteiger charge is -2.28. The van der Waals surface area contributed by atoms with E-state index in [2.05, 4.69) is 32.4 Å². The molecule has 3 aliphatic rings. The second kappa shape index (κ2) is 11.0. The van der Waals surface area contributed by atoms with Crippen LogP contribution < -0.4 is 5.32 Å². The smallest absolute Gasteiger partial charge is 0.242 e. The number of hydrogen-bond acceptors (Lipinski definition) is 7. The Morgan fingerprint density at radius 3 is 2.89 bits per heavy atom. The number of rotatable bonds is 6. The van der Waals surface area contributed by atoms with Crippen LogP contribution in [0, 0.1) is 29.1 Å². The molecule has 0 aromatic carbocycles. The van der Waals surface area contributed by atoms with E-state index < -0.39 is 0 Å². The Balaban J connectivity index is 1.46. The van der Waals surface area contributed by atoms with Crippen LogP contribution in [0.4, 0.5) is 0 Å². The fraction of sp³-hybridized carbons (Fsp3) is 0.577. The summed E-state index contributed by atoms with van der Waals surface area (Å²) in [4.78, 5) is 31.7. The van der Waals surface area contributed by atoms with Crippen molar-refractivity contribution >= 4 is 28.3 Å². The molecule has 2 N–H and O–H groups in total. The minimum atomic E-state index is 0.0407. The number of H-pyrrole nitrogens is 1. The van der Waals surface area contributed by atoms with Crippen molar-refractivity contribution in [2.75, 3.05) is 39.4 Å². The summed E-state index contributed by atoms with van der Waals surface area (Å²) in [6, 6.07) is 4.43. The molecule has 5 rings (SSSR count). The predicted molar refractivity (Wildman–Crippen MR) is 133 cm³/mol. The lowest BCUT2D eigenvalue weighted by atomic mass is 9.76. The summed E-state index contributed by atoms with van der Waals surface area (Å²) in [6.07, 6.45) is 12.0. The number of nitrogens with one attached hydrogen (secondary N) is 2. The Hall–Kier alpha value is -3.25. The van der Waals surface area contributed by atoms with E-state index in [0.29, 0.717) is 56.9 Å². The van der Waals surface area contributed by atoms with Gasteiger partial charge in [-0.3, -0.25) is 9.79 Å². The minimum absolute atomic E-state index is 0.0407. The second-order valence-electron chi connectivity index (χ2n) is 9.64. The van der Waals surface area contributed by atoms with Crippen LogP contribution in [0.3, 0.4) is 0 Å². The van der Waals surface area contributed by atoms with Crippen molar-refractivity contribution in [3.05, 3.63) is 30.4 Å². The molecular formula is C26H33N7O2. The number of aromatic nitrogens is 3. The molecule has 184 valence electrons. The lowest BCUT2D eigenvalue weighted by molar-refractivity contribution is -0.133. The summed E-state index contributed by atoms with van der Waals surface area (Å²) in [6.45, 7) is 3.21. The fourth-order valence-corrected chi connectivity index (χ4v) is 5.80. The number of morpholine rings is 1. The van der Waals surface area contributed by atoms with Gasteiger partial charge in [0.1, 0.15) is 17.8 Å². The maximum Gasteiger partial charge on any atom is 0.242 e. The number of nitriles is 1. The van der Waals surface area contributed by atoms with Crippen LogP contribution in [-0.4, -0.2) is 71.0 Å². The molecule has 2 aromatic heterocycles. The van der Waals surface area contributed by atoms with Gasteiger partial charge in [-0.15, -0.1) is 0 Å². The SMILES string of the molecule is N#CCC(C1C=C(c2ncnc3[nH]ccc23)C(NCC(=O)N2CCOCC2)=NCC1)C1CCCC1. The molecule has 1 aliphatic carbocycles. The van der Waals surface area contributed by atoms with E-state index in [1.54, 1.807) is 6.33 Å². The molecule has 1 saturated carbocycles. The van der Waals surface area contributed by atoms with E-state index in [1.807, 2.05) is 17.2 Å². The number of nitrogens with zero attached hydrogens (tertiary/aromatic N) is 5. The molecule has 35 heavy (non-hydrogen) atoms. The van der Waals surface area contributed by atoms with Gasteiger partial charge in [0.25, 0.3) is 0 Å². The topological polar surface area (TPSA) is 119 Å². The lowest BCUT2D eigenvalue weighted by Crippen LogP contribution is -2.45. The predicted octanol–water partition coefficient (Wildman–Crippen LogP) is 2.93. The van der Waals surface area contributed by atoms with E-state index in [0.717, 1.165) is 28.7 Å². The van der Waals surface area contributed by atoms with E-state index in [1.165, 1.54) is 25.7 Å². The largest absolute Gasteiger partial charge is 0.378 e. The minimum Gasteiger partial charge on any atom is -0.378 e. The Morgan fingerprint density at radius 2 is 2.09 bits per heavy atom. The Labute approximate surface area is 205 Å². The van der Waals surface area contributed by atoms with Crippen LogP contribution >= 0.6 is 0 Å². The molecule has 0 spiro atoms. The molecule has 0 bridgehead atoms. The average molecular weight is 476 g/mol. The normalized spacial score (nSPS) is 22.3. The molecule has 0 radical (unpaired) electrons. The molecule has 2 atom stereocenters. The first-order valence-electron chi connectivity index (χ1n) is 12.8. The molecular weight excluding hydrogens is 442 g/mol. The Kier molecular flexibility index (Phi) is 7.38. The summed E-state index contributed by atoms with van der Waals surface area (Å²) < 4.78 is 5.38. The molecule has 2 aliphatic heterocycles. The van der Waals surface area contributed by atoms with Crippen molar-refractivity contribution in [1.29, 1.82) is 5.26 Å². The number of hydrogen-bond donors (Lipinski definition) is 2. The van der Waals surface area contributed by atoms with Gasteiger partial charge in [-0.05, 0) is 30.2 Å². The summed E-state index contributed by atoms with van der Waals surface area (Å²) in [5, 5.41) is 13.9. The summed E-state index contributed by atoms with van der Waals surface area (Å²) in [5.74, 6) is 1.85. The number of carbonyl (C=O) groups is 1. The molecule has 9 heteroatoms. The highest BCUT2D eigenvalue weighted by atomic mass is 16.5. The van der Waals surface area contributed by atoms with Crippen LogP contribution in [0.25, 0.3) is 16.6 Å². The van der Waals surface area contributed by atoms with E-state index in [9.17, 15) is 10.1 Å². The van der Waals surface area contributed by atoms with Crippen molar-refractivity contribution in [3.8, 4) is 6.07 Å². The zero-order chi connectivity index (χ0) is 24.0. The maximum absolute atomic E-state index is 12.8. The van der Waals surface area contributed by atoms with Crippen molar-refractivity contribution in [3.63, 3.8) is 0 Å². The molecule has 1 saturated heterocycles. The highest BCUT2D eigenvalue weighted by molar-refractivity contribution is 6.25. The molecule has 2 aromatic rings. The van der Waals surface area contributed by atoms with Crippen LogP contribution in [0.2, 0.25) is 0 Å². The van der Waals surface area contributed by atoms with Gasteiger partial charge >= 0.3 is 0 Å². The average Bonchev–Trinajstić information content (AvgIpc) is 3.56. The fourth-order valence-electron chi connectivity index (χ4n) is 5.80. The molecule has 9 nitrogen and oxygen atoms in total. The van der Waals surface area contributed by atoms with Crippen molar-refractivity contribution < 1.29 is 9.53 Å². The number of carbonyl (C=O) groups excluding carboxylic acids is 1. The third kappa shape index (κ3) is 5.22. The highest BCUT2D eigenvalue weighted by Gasteiger charge is 2.32. The number of aromatic amines is 1. The maximum atomic E-state index is 12.8. The third-order valence-corrected chi connectivity index (χ3v) is 7.63. The van der Waals surface area contributed by atoms with Crippen LogP contribution in [0.1, 0.15) is 44.2 Å². The van der Waals surface area contributed by atoms with Crippen molar-refractivity contribution in [1.82, 2.24) is 25.2 Å². The van der Waals surface area contributed by atoms with Gasteiger partial charge in [-0.25, -0.2) is 9.97 Å². The van der Waals surface area contributed by atoms with Gasteiger partial charge in [0, 0.05) is 43.2 Å². The van der Waals surface area contributed by atoms with Gasteiger partial charge < -0.3 is 19.9 Å². The summed E-state index contributed by atoms with van der Waals surface area (Å²) in [5.41, 5.74) is 2.47. The summed E-state index contributed by atoms with van der Waals surface area (Å²) >= 11 is 0. The first kappa shape index (κ1) is 23.5. The molecule has 2 unspecified atom stereocenters. The van der Waals surface area contributed by atoms with Crippen molar-refractivity contribution in [2.24, 2.45) is 22.7 Å². The first-order valence-corrected chi connectivity index (χ1v) is 12.8. The number of amidine groups is 1.